The summed E-state index contributed by atoms with van der Waals surface area (Å²) < 4.78 is 5.04. The Morgan fingerprint density at radius 3 is 2.59 bits per heavy atom. The molecular formula is C13H19NO3. The summed E-state index contributed by atoms with van der Waals surface area (Å²) >= 11 is 0. The highest BCUT2D eigenvalue weighted by molar-refractivity contribution is 5.67. The largest absolute Gasteiger partial charge is 0.445 e. The van der Waals surface area contributed by atoms with E-state index in [-0.39, 0.29) is 18.6 Å². The van der Waals surface area contributed by atoms with Crippen molar-refractivity contribution in [3.05, 3.63) is 35.9 Å². The Hall–Kier alpha value is -1.55. The fraction of sp³-hybridized carbons (Fsp3) is 0.462. The second kappa shape index (κ2) is 6.25. The van der Waals surface area contributed by atoms with Crippen LogP contribution in [0, 0.1) is 5.41 Å². The number of aliphatic hydroxyl groups excluding tert-OH is 1. The molecule has 0 aliphatic carbocycles. The van der Waals surface area contributed by atoms with E-state index in [1.165, 1.54) is 0 Å². The molecule has 94 valence electrons. The Bertz CT molecular complexity index is 349. The predicted octanol–water partition coefficient (Wildman–Crippen LogP) is 1.93. The minimum Gasteiger partial charge on any atom is -0.445 e. The Labute approximate surface area is 102 Å². The van der Waals surface area contributed by atoms with E-state index in [1.54, 1.807) is 0 Å². The van der Waals surface area contributed by atoms with Crippen LogP contribution in [0.25, 0.3) is 0 Å². The first-order valence-corrected chi connectivity index (χ1v) is 5.59. The summed E-state index contributed by atoms with van der Waals surface area (Å²) in [4.78, 5) is 11.4. The molecule has 1 aromatic carbocycles. The van der Waals surface area contributed by atoms with Crippen LogP contribution in [0.3, 0.4) is 0 Å². The van der Waals surface area contributed by atoms with Gasteiger partial charge in [-0.05, 0) is 5.56 Å². The first-order valence-electron chi connectivity index (χ1n) is 5.59. The van der Waals surface area contributed by atoms with Crippen LogP contribution in [0.5, 0.6) is 0 Å². The number of carbonyl (C=O) groups excluding carboxylic acids is 1. The molecule has 2 N–H and O–H groups in total. The fourth-order valence-corrected chi connectivity index (χ4v) is 1.14. The number of carbonyl (C=O) groups is 1. The molecule has 0 fully saturated rings. The SMILES string of the molecule is CC(C)(CO)CNC(=O)OCc1ccccc1. The summed E-state index contributed by atoms with van der Waals surface area (Å²) in [6, 6.07) is 9.49. The molecule has 0 bridgehead atoms. The number of amides is 1. The molecule has 0 aromatic heterocycles. The number of aliphatic hydroxyl groups is 1. The van der Waals surface area contributed by atoms with Gasteiger partial charge in [0, 0.05) is 18.6 Å². The van der Waals surface area contributed by atoms with E-state index in [4.69, 9.17) is 9.84 Å². The summed E-state index contributed by atoms with van der Waals surface area (Å²) in [6.07, 6.45) is -0.463. The van der Waals surface area contributed by atoms with Crippen LogP contribution in [0.1, 0.15) is 19.4 Å². The number of hydrogen-bond acceptors (Lipinski definition) is 3. The van der Waals surface area contributed by atoms with Crippen LogP contribution in [0.2, 0.25) is 0 Å². The Morgan fingerprint density at radius 2 is 2.00 bits per heavy atom. The zero-order valence-electron chi connectivity index (χ0n) is 10.3. The van der Waals surface area contributed by atoms with Gasteiger partial charge in [0.25, 0.3) is 0 Å². The number of benzene rings is 1. The molecule has 4 nitrogen and oxygen atoms in total. The average molecular weight is 237 g/mol. The second-order valence-corrected chi connectivity index (χ2v) is 4.74. The fourth-order valence-electron chi connectivity index (χ4n) is 1.14. The minimum absolute atomic E-state index is 0.0198. The second-order valence-electron chi connectivity index (χ2n) is 4.74. The lowest BCUT2D eigenvalue weighted by Gasteiger charge is -2.21. The van der Waals surface area contributed by atoms with Crippen LogP contribution in [-0.2, 0) is 11.3 Å². The number of nitrogens with one attached hydrogen (secondary N) is 1. The van der Waals surface area contributed by atoms with Crippen LogP contribution in [0.15, 0.2) is 30.3 Å². The number of hydrogen-bond donors (Lipinski definition) is 2. The maximum absolute atomic E-state index is 11.4. The maximum Gasteiger partial charge on any atom is 0.407 e. The molecule has 1 amide bonds. The molecule has 0 atom stereocenters. The van der Waals surface area contributed by atoms with Gasteiger partial charge in [-0.1, -0.05) is 44.2 Å². The highest BCUT2D eigenvalue weighted by atomic mass is 16.5. The van der Waals surface area contributed by atoms with E-state index in [1.807, 2.05) is 44.2 Å². The van der Waals surface area contributed by atoms with Crippen molar-refractivity contribution in [3.8, 4) is 0 Å². The van der Waals surface area contributed by atoms with Gasteiger partial charge >= 0.3 is 6.09 Å². The highest BCUT2D eigenvalue weighted by Gasteiger charge is 2.17. The normalized spacial score (nSPS) is 11.0. The van der Waals surface area contributed by atoms with E-state index in [9.17, 15) is 4.79 Å². The lowest BCUT2D eigenvalue weighted by Crippen LogP contribution is -2.36. The molecule has 1 aromatic rings. The van der Waals surface area contributed by atoms with Gasteiger partial charge in [0.2, 0.25) is 0 Å². The van der Waals surface area contributed by atoms with Gasteiger partial charge in [0.15, 0.2) is 0 Å². The van der Waals surface area contributed by atoms with Crippen LogP contribution in [-0.4, -0.2) is 24.4 Å². The third-order valence-corrected chi connectivity index (χ3v) is 2.35. The molecule has 17 heavy (non-hydrogen) atoms. The lowest BCUT2D eigenvalue weighted by molar-refractivity contribution is 0.122. The Balaban J connectivity index is 2.27. The third-order valence-electron chi connectivity index (χ3n) is 2.35. The number of ether oxygens (including phenoxy) is 1. The van der Waals surface area contributed by atoms with Crippen molar-refractivity contribution < 1.29 is 14.6 Å². The molecule has 0 unspecified atom stereocenters. The summed E-state index contributed by atoms with van der Waals surface area (Å²) in [5.74, 6) is 0. The number of alkyl carbamates (subject to hydrolysis) is 1. The molecule has 0 spiro atoms. The molecule has 0 aliphatic heterocycles. The Morgan fingerprint density at radius 1 is 1.35 bits per heavy atom. The molecular weight excluding hydrogens is 218 g/mol. The van der Waals surface area contributed by atoms with E-state index < -0.39 is 6.09 Å². The average Bonchev–Trinajstić information content (AvgIpc) is 2.35. The van der Waals surface area contributed by atoms with Crippen molar-refractivity contribution in [2.24, 2.45) is 5.41 Å². The zero-order valence-corrected chi connectivity index (χ0v) is 10.3. The predicted molar refractivity (Wildman–Crippen MR) is 65.5 cm³/mol. The molecule has 4 heteroatoms. The molecule has 0 heterocycles. The van der Waals surface area contributed by atoms with E-state index in [0.717, 1.165) is 5.56 Å². The summed E-state index contributed by atoms with van der Waals surface area (Å²) in [6.45, 7) is 4.39. The van der Waals surface area contributed by atoms with Crippen molar-refractivity contribution in [1.82, 2.24) is 5.32 Å². The zero-order chi connectivity index (χ0) is 12.7. The Kier molecular flexibility index (Phi) is 4.97. The summed E-state index contributed by atoms with van der Waals surface area (Å²) in [5.41, 5.74) is 0.621. The first kappa shape index (κ1) is 13.5. The quantitative estimate of drug-likeness (QED) is 0.822. The molecule has 0 radical (unpaired) electrons. The van der Waals surface area contributed by atoms with E-state index >= 15 is 0 Å². The molecule has 0 aliphatic rings. The van der Waals surface area contributed by atoms with Crippen molar-refractivity contribution in [2.75, 3.05) is 13.2 Å². The van der Waals surface area contributed by atoms with Crippen molar-refractivity contribution in [2.45, 2.75) is 20.5 Å². The van der Waals surface area contributed by atoms with Gasteiger partial charge in [0.05, 0.1) is 0 Å². The topological polar surface area (TPSA) is 58.6 Å². The lowest BCUT2D eigenvalue weighted by atomic mass is 9.95. The van der Waals surface area contributed by atoms with E-state index in [2.05, 4.69) is 5.32 Å². The van der Waals surface area contributed by atoms with Crippen LogP contribution in [0.4, 0.5) is 4.79 Å². The van der Waals surface area contributed by atoms with Gasteiger partial charge < -0.3 is 15.2 Å². The van der Waals surface area contributed by atoms with Crippen molar-refractivity contribution in [3.63, 3.8) is 0 Å². The summed E-state index contributed by atoms with van der Waals surface area (Å²) in [5, 5.41) is 11.6. The molecule has 1 rings (SSSR count). The smallest absolute Gasteiger partial charge is 0.407 e. The first-order chi connectivity index (χ1) is 8.03. The standard InChI is InChI=1S/C13H19NO3/c1-13(2,10-15)9-14-12(16)17-8-11-6-4-3-5-7-11/h3-7,15H,8-10H2,1-2H3,(H,14,16). The van der Waals surface area contributed by atoms with Gasteiger partial charge in [-0.25, -0.2) is 4.79 Å². The van der Waals surface area contributed by atoms with Gasteiger partial charge in [-0.2, -0.15) is 0 Å². The summed E-state index contributed by atoms with van der Waals surface area (Å²) in [7, 11) is 0. The third kappa shape index (κ3) is 5.36. The minimum atomic E-state index is -0.463. The molecule has 0 saturated heterocycles. The van der Waals surface area contributed by atoms with Crippen LogP contribution < -0.4 is 5.32 Å². The van der Waals surface area contributed by atoms with E-state index in [0.29, 0.717) is 6.54 Å². The van der Waals surface area contributed by atoms with Gasteiger partial charge in [0.1, 0.15) is 6.61 Å². The molecule has 0 saturated carbocycles. The van der Waals surface area contributed by atoms with Crippen LogP contribution >= 0.6 is 0 Å². The highest BCUT2D eigenvalue weighted by Crippen LogP contribution is 2.11. The van der Waals surface area contributed by atoms with Crippen molar-refractivity contribution >= 4 is 6.09 Å². The van der Waals surface area contributed by atoms with Gasteiger partial charge in [-0.15, -0.1) is 0 Å². The monoisotopic (exact) mass is 237 g/mol. The van der Waals surface area contributed by atoms with Gasteiger partial charge in [-0.3, -0.25) is 0 Å². The number of rotatable bonds is 5. The van der Waals surface area contributed by atoms with Crippen molar-refractivity contribution in [1.29, 1.82) is 0 Å². The maximum atomic E-state index is 11.4.